The summed E-state index contributed by atoms with van der Waals surface area (Å²) in [6.45, 7) is 4.42. The molecule has 1 radical (unpaired) electrons. The SMILES string of the molecule is C[SiH]C.[Cl-].[Cl-].[Zr+4].c1ccc2c(c1)CC1=C2CCC[CH-]1.c1ccc2c(c1)CC1=C2CCC[CH-]1. The predicted molar refractivity (Wildman–Crippen MR) is 129 cm³/mol. The van der Waals surface area contributed by atoms with Crippen molar-refractivity contribution in [2.75, 3.05) is 0 Å². The first-order valence-corrected chi connectivity index (χ1v) is 13.6. The van der Waals surface area contributed by atoms with E-state index in [9.17, 15) is 0 Å². The number of fused-ring (bicyclic) bond motifs is 4. The van der Waals surface area contributed by atoms with Crippen molar-refractivity contribution in [1.29, 1.82) is 0 Å². The van der Waals surface area contributed by atoms with E-state index in [1.165, 1.54) is 73.6 Å². The minimum atomic E-state index is 0. The van der Waals surface area contributed by atoms with E-state index in [0.29, 0.717) is 0 Å². The van der Waals surface area contributed by atoms with E-state index in [0.717, 1.165) is 9.52 Å². The Balaban J connectivity index is 0.000000264. The molecule has 0 aromatic heterocycles. The molecule has 2 aromatic carbocycles. The third-order valence-corrected chi connectivity index (χ3v) is 6.27. The smallest absolute Gasteiger partial charge is 1.00 e. The van der Waals surface area contributed by atoms with Gasteiger partial charge in [-0.25, -0.2) is 24.0 Å². The van der Waals surface area contributed by atoms with Crippen LogP contribution in [0.15, 0.2) is 59.7 Å². The summed E-state index contributed by atoms with van der Waals surface area (Å²) in [5, 5.41) is 0. The minimum absolute atomic E-state index is 0. The molecular formula is C28H33Cl2SiZr. The second kappa shape index (κ2) is 14.6. The van der Waals surface area contributed by atoms with Gasteiger partial charge in [0.15, 0.2) is 0 Å². The zero-order chi connectivity index (χ0) is 20.1. The fraction of sp³-hybridized carbons (Fsp3) is 0.357. The second-order valence-corrected chi connectivity index (χ2v) is 9.60. The van der Waals surface area contributed by atoms with Crippen LogP contribution in [0, 0.1) is 12.8 Å². The summed E-state index contributed by atoms with van der Waals surface area (Å²) in [5.74, 6) is 0. The molecule has 0 heterocycles. The zero-order valence-corrected chi connectivity index (χ0v) is 24.4. The normalized spacial score (nSPS) is 16.3. The Labute approximate surface area is 229 Å². The quantitative estimate of drug-likeness (QED) is 0.337. The molecule has 0 bridgehead atoms. The van der Waals surface area contributed by atoms with Crippen LogP contribution in [-0.2, 0) is 39.0 Å². The number of hydrogen-bond donors (Lipinski definition) is 0. The summed E-state index contributed by atoms with van der Waals surface area (Å²) < 4.78 is 0. The molecule has 0 spiro atoms. The predicted octanol–water partition coefficient (Wildman–Crippen LogP) is 1.29. The van der Waals surface area contributed by atoms with Crippen LogP contribution in [0.2, 0.25) is 13.1 Å². The van der Waals surface area contributed by atoms with E-state index < -0.39 is 0 Å². The van der Waals surface area contributed by atoms with Gasteiger partial charge in [-0.15, -0.1) is 24.0 Å². The van der Waals surface area contributed by atoms with E-state index in [1.54, 1.807) is 22.3 Å². The Morgan fingerprint density at radius 1 is 0.656 bits per heavy atom. The second-order valence-electron chi connectivity index (χ2n) is 8.45. The molecule has 0 nitrogen and oxygen atoms in total. The first-order chi connectivity index (χ1) is 14.3. The van der Waals surface area contributed by atoms with Gasteiger partial charge in [-0.2, -0.15) is 11.1 Å². The van der Waals surface area contributed by atoms with Crippen molar-refractivity contribution < 1.29 is 51.0 Å². The van der Waals surface area contributed by atoms with E-state index in [4.69, 9.17) is 0 Å². The van der Waals surface area contributed by atoms with Crippen molar-refractivity contribution in [3.05, 3.63) is 94.8 Å². The van der Waals surface area contributed by atoms with Crippen LogP contribution in [0.5, 0.6) is 0 Å². The summed E-state index contributed by atoms with van der Waals surface area (Å²) in [6, 6.07) is 17.7. The standard InChI is InChI=1S/2C13H13.C2H7Si.2ClH.Zr/c2*1-3-7-12-10(5-1)9-11-6-2-4-8-13(11)12;1-3-2;;;/h2*1,3,5-7H,2,4,8-9H2;3H,1-2H3;2*1H;/q2*-1;;;;+4/p-2. The van der Waals surface area contributed by atoms with E-state index in [-0.39, 0.29) is 51.0 Å². The molecule has 4 aliphatic rings. The first kappa shape index (κ1) is 29.4. The van der Waals surface area contributed by atoms with Crippen LogP contribution in [0.25, 0.3) is 11.1 Å². The average molecular weight is 560 g/mol. The fourth-order valence-electron chi connectivity index (χ4n) is 5.00. The maximum Gasteiger partial charge on any atom is 4.00 e. The number of rotatable bonds is 0. The van der Waals surface area contributed by atoms with Crippen LogP contribution in [0.4, 0.5) is 0 Å². The maximum atomic E-state index is 2.43. The number of halogens is 2. The van der Waals surface area contributed by atoms with Crippen LogP contribution in [0.1, 0.15) is 60.8 Å². The van der Waals surface area contributed by atoms with Crippen molar-refractivity contribution in [3.8, 4) is 0 Å². The van der Waals surface area contributed by atoms with Crippen molar-refractivity contribution in [3.63, 3.8) is 0 Å². The molecule has 0 N–H and O–H groups in total. The van der Waals surface area contributed by atoms with Gasteiger partial charge in [-0.05, 0) is 12.8 Å². The Hall–Kier alpha value is -0.660. The summed E-state index contributed by atoms with van der Waals surface area (Å²) >= 11 is 0. The number of allylic oxidation sites excluding steroid dienone is 4. The zero-order valence-electron chi connectivity index (χ0n) is 19.3. The summed E-state index contributed by atoms with van der Waals surface area (Å²) in [6.07, 6.45) is 15.1. The van der Waals surface area contributed by atoms with Gasteiger partial charge >= 0.3 is 26.2 Å². The average Bonchev–Trinajstić information content (AvgIpc) is 3.33. The largest absolute Gasteiger partial charge is 4.00 e. The molecule has 4 aliphatic carbocycles. The maximum absolute atomic E-state index is 2.43. The van der Waals surface area contributed by atoms with Gasteiger partial charge in [0.1, 0.15) is 0 Å². The molecule has 167 valence electrons. The molecule has 32 heavy (non-hydrogen) atoms. The third kappa shape index (κ3) is 6.69. The van der Waals surface area contributed by atoms with Gasteiger partial charge in [0.2, 0.25) is 0 Å². The van der Waals surface area contributed by atoms with Crippen molar-refractivity contribution in [2.45, 2.75) is 64.5 Å². The van der Waals surface area contributed by atoms with Crippen LogP contribution >= 0.6 is 0 Å². The molecule has 0 aliphatic heterocycles. The van der Waals surface area contributed by atoms with Gasteiger partial charge in [-0.1, -0.05) is 98.4 Å². The molecule has 0 saturated carbocycles. The molecule has 6 rings (SSSR count). The molecule has 0 fully saturated rings. The fourth-order valence-corrected chi connectivity index (χ4v) is 5.00. The molecule has 0 atom stereocenters. The van der Waals surface area contributed by atoms with Crippen molar-refractivity contribution in [2.24, 2.45) is 0 Å². The molecular weight excluding hydrogens is 527 g/mol. The topological polar surface area (TPSA) is 0 Å². The Morgan fingerprint density at radius 3 is 1.44 bits per heavy atom. The molecule has 0 saturated heterocycles. The van der Waals surface area contributed by atoms with Gasteiger partial charge in [0.25, 0.3) is 0 Å². The summed E-state index contributed by atoms with van der Waals surface area (Å²) in [7, 11) is 0.750. The molecule has 0 unspecified atom stereocenters. The molecule has 4 heteroatoms. The summed E-state index contributed by atoms with van der Waals surface area (Å²) in [5.41, 5.74) is 12.6. The first-order valence-electron chi connectivity index (χ1n) is 11.3. The Morgan fingerprint density at radius 2 is 1.03 bits per heavy atom. The van der Waals surface area contributed by atoms with Gasteiger partial charge in [-0.3, -0.25) is 0 Å². The van der Waals surface area contributed by atoms with E-state index in [2.05, 4.69) is 74.5 Å². The third-order valence-electron chi connectivity index (χ3n) is 6.27. The van der Waals surface area contributed by atoms with Crippen LogP contribution < -0.4 is 24.8 Å². The minimum Gasteiger partial charge on any atom is -1.00 e. The van der Waals surface area contributed by atoms with Gasteiger partial charge in [0.05, 0.1) is 0 Å². The Kier molecular flexibility index (Phi) is 13.4. The van der Waals surface area contributed by atoms with Crippen LogP contribution in [-0.4, -0.2) is 9.52 Å². The van der Waals surface area contributed by atoms with E-state index >= 15 is 0 Å². The van der Waals surface area contributed by atoms with E-state index in [1.807, 2.05) is 0 Å². The monoisotopic (exact) mass is 557 g/mol. The molecule has 2 aromatic rings. The van der Waals surface area contributed by atoms with Crippen molar-refractivity contribution >= 4 is 20.7 Å². The van der Waals surface area contributed by atoms with Gasteiger partial charge in [0, 0.05) is 9.52 Å². The number of benzene rings is 2. The number of hydrogen-bond acceptors (Lipinski definition) is 0. The van der Waals surface area contributed by atoms with Crippen LogP contribution in [0.3, 0.4) is 0 Å². The summed E-state index contributed by atoms with van der Waals surface area (Å²) in [4.78, 5) is 0. The van der Waals surface area contributed by atoms with Gasteiger partial charge < -0.3 is 24.8 Å². The molecule has 0 amide bonds. The Bertz CT molecular complexity index is 857. The van der Waals surface area contributed by atoms with Crippen molar-refractivity contribution in [1.82, 2.24) is 0 Å².